The smallest absolute Gasteiger partial charge is 0.258 e. The molecule has 1 fully saturated rings. The predicted octanol–water partition coefficient (Wildman–Crippen LogP) is 3.40. The number of carbonyl (C=O) groups excluding carboxylic acids is 1. The number of methoxy groups -OCH3 is 1. The highest BCUT2D eigenvalue weighted by Crippen LogP contribution is 2.40. The third-order valence-corrected chi connectivity index (χ3v) is 5.70. The van der Waals surface area contributed by atoms with Gasteiger partial charge in [0.05, 0.1) is 36.1 Å². The Morgan fingerprint density at radius 1 is 1.19 bits per heavy atom. The molecule has 1 aliphatic heterocycles. The topological polar surface area (TPSA) is 81.3 Å². The normalized spacial score (nSPS) is 16.5. The molecule has 0 unspecified atom stereocenters. The average Bonchev–Trinajstić information content (AvgIpc) is 2.96. The number of hydrogen-bond acceptors (Lipinski definition) is 5. The average molecular weight is 359 g/mol. The summed E-state index contributed by atoms with van der Waals surface area (Å²) >= 11 is 0. The van der Waals surface area contributed by atoms with Crippen molar-refractivity contribution in [3.05, 3.63) is 47.8 Å². The van der Waals surface area contributed by atoms with E-state index in [1.807, 2.05) is 35.2 Å². The zero-order valence-electron chi connectivity index (χ0n) is 15.1. The van der Waals surface area contributed by atoms with Crippen LogP contribution in [0.25, 0.3) is 22.0 Å². The number of carbonyl (C=O) groups is 1. The minimum atomic E-state index is 0.0194. The number of nitrogen functional groups attached to an aromatic ring is 1. The van der Waals surface area contributed by atoms with Gasteiger partial charge in [0.25, 0.3) is 5.91 Å². The van der Waals surface area contributed by atoms with Crippen molar-refractivity contribution in [1.29, 1.82) is 0 Å². The molecular weight excluding hydrogens is 339 g/mol. The highest BCUT2D eigenvalue weighted by molar-refractivity contribution is 6.11. The van der Waals surface area contributed by atoms with Gasteiger partial charge in [-0.3, -0.25) is 4.79 Å². The summed E-state index contributed by atoms with van der Waals surface area (Å²) in [6.07, 6.45) is 5.01. The van der Waals surface area contributed by atoms with Gasteiger partial charge in [0.2, 0.25) is 5.88 Å². The molecule has 2 N–H and O–H groups in total. The molecule has 1 aliphatic carbocycles. The fourth-order valence-electron chi connectivity index (χ4n) is 4.06. The molecule has 1 saturated carbocycles. The summed E-state index contributed by atoms with van der Waals surface area (Å²) in [4.78, 5) is 24.0. The van der Waals surface area contributed by atoms with E-state index in [9.17, 15) is 4.79 Å². The van der Waals surface area contributed by atoms with E-state index in [0.29, 0.717) is 29.7 Å². The molecule has 0 spiro atoms. The van der Waals surface area contributed by atoms with Crippen LogP contribution in [0.3, 0.4) is 0 Å². The first-order valence-corrected chi connectivity index (χ1v) is 9.20. The summed E-state index contributed by atoms with van der Waals surface area (Å²) < 4.78 is 5.43. The van der Waals surface area contributed by atoms with Crippen LogP contribution in [0.1, 0.15) is 35.3 Å². The van der Waals surface area contributed by atoms with Crippen molar-refractivity contribution in [1.82, 2.24) is 14.9 Å². The van der Waals surface area contributed by atoms with E-state index < -0.39 is 0 Å². The Balaban J connectivity index is 1.71. The molecule has 136 valence electrons. The van der Waals surface area contributed by atoms with Crippen LogP contribution in [0.2, 0.25) is 0 Å². The van der Waals surface area contributed by atoms with E-state index in [4.69, 9.17) is 15.5 Å². The number of hydrogen-bond donors (Lipinski definition) is 1. The maximum atomic E-state index is 12.9. The lowest BCUT2D eigenvalue weighted by Crippen LogP contribution is -2.40. The van der Waals surface area contributed by atoms with Gasteiger partial charge in [-0.25, -0.2) is 9.97 Å². The molecule has 3 aromatic rings. The van der Waals surface area contributed by atoms with Crippen molar-refractivity contribution >= 4 is 22.5 Å². The molecular formula is C21H20N4O2. The first kappa shape index (κ1) is 16.1. The van der Waals surface area contributed by atoms with Gasteiger partial charge in [0.1, 0.15) is 0 Å². The zero-order chi connectivity index (χ0) is 18.5. The van der Waals surface area contributed by atoms with Gasteiger partial charge in [0.15, 0.2) is 0 Å². The van der Waals surface area contributed by atoms with Crippen LogP contribution in [0, 0.1) is 0 Å². The standard InChI is InChI=1S/C21H20N4O2/c1-27-20-14(9-4-10-23-20)13-7-3-8-15-18(22)17-16(24-19(13)15)11-25(21(17)26)12-5-2-6-12/h3-4,7-10,12H,2,5-6,11H2,1H3,(H2,22,24)/i1-1. The Bertz CT molecular complexity index is 1080. The summed E-state index contributed by atoms with van der Waals surface area (Å²) in [7, 11) is 1.60. The predicted molar refractivity (Wildman–Crippen MR) is 103 cm³/mol. The summed E-state index contributed by atoms with van der Waals surface area (Å²) in [5.74, 6) is 0.559. The number of nitrogens with two attached hydrogens (primary N) is 1. The molecule has 1 aromatic carbocycles. The molecule has 6 nitrogen and oxygen atoms in total. The monoisotopic (exact) mass is 359 g/mol. The third kappa shape index (κ3) is 2.29. The van der Waals surface area contributed by atoms with E-state index in [1.165, 1.54) is 6.42 Å². The van der Waals surface area contributed by atoms with Gasteiger partial charge < -0.3 is 15.4 Å². The largest absolute Gasteiger partial charge is 0.481 e. The lowest BCUT2D eigenvalue weighted by molar-refractivity contribution is 0.0606. The number of rotatable bonds is 3. The van der Waals surface area contributed by atoms with Crippen molar-refractivity contribution in [2.24, 2.45) is 0 Å². The number of para-hydroxylation sites is 1. The van der Waals surface area contributed by atoms with Crippen molar-refractivity contribution < 1.29 is 9.53 Å². The summed E-state index contributed by atoms with van der Waals surface area (Å²) in [6, 6.07) is 9.99. The molecule has 1 amide bonds. The van der Waals surface area contributed by atoms with E-state index >= 15 is 0 Å². The van der Waals surface area contributed by atoms with Gasteiger partial charge >= 0.3 is 0 Å². The van der Waals surface area contributed by atoms with Crippen molar-refractivity contribution in [3.63, 3.8) is 0 Å². The highest BCUT2D eigenvalue weighted by Gasteiger charge is 2.38. The van der Waals surface area contributed by atoms with Crippen LogP contribution in [0.5, 0.6) is 5.88 Å². The molecule has 0 bridgehead atoms. The maximum Gasteiger partial charge on any atom is 0.258 e. The number of aromatic nitrogens is 2. The van der Waals surface area contributed by atoms with Crippen LogP contribution >= 0.6 is 0 Å². The molecule has 2 aromatic heterocycles. The SMILES string of the molecule is [11CH3]Oc1ncccc1-c1cccc2c(N)c3c(nc12)CN(C1CCC1)C3=O. The number of ether oxygens (including phenoxy) is 1. The van der Waals surface area contributed by atoms with E-state index in [0.717, 1.165) is 40.6 Å². The quantitative estimate of drug-likeness (QED) is 0.775. The molecule has 3 heterocycles. The summed E-state index contributed by atoms with van der Waals surface area (Å²) in [5.41, 5.74) is 10.9. The first-order valence-electron chi connectivity index (χ1n) is 9.20. The fourth-order valence-corrected chi connectivity index (χ4v) is 4.06. The summed E-state index contributed by atoms with van der Waals surface area (Å²) in [6.45, 7) is 0.539. The Labute approximate surface area is 157 Å². The van der Waals surface area contributed by atoms with Crippen molar-refractivity contribution in [2.45, 2.75) is 31.8 Å². The van der Waals surface area contributed by atoms with Crippen molar-refractivity contribution in [3.8, 4) is 17.0 Å². The lowest BCUT2D eigenvalue weighted by Gasteiger charge is -2.34. The Morgan fingerprint density at radius 3 is 2.74 bits per heavy atom. The molecule has 6 heteroatoms. The highest BCUT2D eigenvalue weighted by atomic mass is 16.4. The Hall–Kier alpha value is -3.15. The minimum Gasteiger partial charge on any atom is -0.481 e. The number of anilines is 1. The van der Waals surface area contributed by atoms with Gasteiger partial charge in [-0.05, 0) is 31.4 Å². The fraction of sp³-hybridized carbons (Fsp3) is 0.286. The number of fused-ring (bicyclic) bond motifs is 2. The lowest BCUT2D eigenvalue weighted by atomic mass is 9.92. The molecule has 0 atom stereocenters. The zero-order valence-corrected chi connectivity index (χ0v) is 15.1. The van der Waals surface area contributed by atoms with Gasteiger partial charge in [0, 0.05) is 28.8 Å². The summed E-state index contributed by atoms with van der Waals surface area (Å²) in [5, 5.41) is 0.793. The van der Waals surface area contributed by atoms with Gasteiger partial charge in [-0.15, -0.1) is 0 Å². The number of amides is 1. The number of benzene rings is 1. The van der Waals surface area contributed by atoms with E-state index in [-0.39, 0.29) is 5.91 Å². The number of pyridine rings is 2. The third-order valence-electron chi connectivity index (χ3n) is 5.70. The van der Waals surface area contributed by atoms with Crippen LogP contribution in [-0.4, -0.2) is 33.9 Å². The van der Waals surface area contributed by atoms with Gasteiger partial charge in [-0.2, -0.15) is 0 Å². The van der Waals surface area contributed by atoms with Crippen LogP contribution in [0.4, 0.5) is 5.69 Å². The molecule has 2 aliphatic rings. The Kier molecular flexibility index (Phi) is 3.53. The molecule has 0 radical (unpaired) electrons. The second-order valence-corrected chi connectivity index (χ2v) is 7.13. The van der Waals surface area contributed by atoms with E-state index in [1.54, 1.807) is 13.3 Å². The van der Waals surface area contributed by atoms with Crippen LogP contribution < -0.4 is 10.5 Å². The molecule has 5 rings (SSSR count). The van der Waals surface area contributed by atoms with Gasteiger partial charge in [-0.1, -0.05) is 18.2 Å². The van der Waals surface area contributed by atoms with Crippen LogP contribution in [-0.2, 0) is 6.54 Å². The van der Waals surface area contributed by atoms with Crippen LogP contribution in [0.15, 0.2) is 36.5 Å². The second kappa shape index (κ2) is 5.94. The Morgan fingerprint density at radius 2 is 2.00 bits per heavy atom. The molecule has 27 heavy (non-hydrogen) atoms. The first-order chi connectivity index (χ1) is 13.2. The second-order valence-electron chi connectivity index (χ2n) is 7.13. The minimum absolute atomic E-state index is 0.0194. The molecule has 0 saturated heterocycles. The van der Waals surface area contributed by atoms with E-state index in [2.05, 4.69) is 4.98 Å². The number of nitrogens with zero attached hydrogens (tertiary/aromatic N) is 3. The van der Waals surface area contributed by atoms with Crippen molar-refractivity contribution in [2.75, 3.05) is 12.8 Å². The maximum absolute atomic E-state index is 12.9.